The van der Waals surface area contributed by atoms with Gasteiger partial charge in [0.25, 0.3) is 18.8 Å². The van der Waals surface area contributed by atoms with E-state index in [1.54, 1.807) is 12.1 Å². The standard InChI is InChI=1S/C42H53N5O17P4/c1-5-45(6-2)30-13-17-34-37(22-30)65(52,53)38-23-31(46(7-3)8-4)14-18-35(38)40(34)27-11-15-33(16-12-27)61-26-39(49)43-19-9-10-28-24-47(42(51)44-41(28)50)32-20-29(36(48)21-32)25-62-67(57,58)64-68(59,60)63-66(54,55)56/h9-18,22-24,29,32,36,48H,5-8,19-21,25-26H2,1-4H3,(H6-,43,44,49,50,51,52,53,54,55,56,57,58,59,60)/p+1/b10-9+/t29-,32-,36?/m1/s1. The molecule has 0 spiro atoms. The van der Waals surface area contributed by atoms with E-state index in [9.17, 15) is 52.4 Å². The zero-order chi connectivity index (χ0) is 49.8. The second kappa shape index (κ2) is 21.6. The van der Waals surface area contributed by atoms with Crippen molar-refractivity contribution in [2.24, 2.45) is 5.92 Å². The zero-order valence-corrected chi connectivity index (χ0v) is 41.0. The molecule has 3 aliphatic rings. The Hall–Kier alpha value is -4.62. The van der Waals surface area contributed by atoms with Crippen LogP contribution in [0.15, 0.2) is 93.4 Å². The van der Waals surface area contributed by atoms with Gasteiger partial charge in [0.2, 0.25) is 5.71 Å². The van der Waals surface area contributed by atoms with Crippen molar-refractivity contribution in [2.75, 3.05) is 50.8 Å². The molecule has 1 saturated carbocycles. The Morgan fingerprint density at radius 1 is 0.971 bits per heavy atom. The number of rotatable bonds is 20. The highest BCUT2D eigenvalue weighted by Crippen LogP contribution is 2.66. The first-order valence-electron chi connectivity index (χ1n) is 21.5. The number of phosphoric ester groups is 1. The quantitative estimate of drug-likeness (QED) is 0.0588. The number of aromatic amines is 1. The van der Waals surface area contributed by atoms with E-state index in [0.29, 0.717) is 27.5 Å². The molecule has 6 atom stereocenters. The molecule has 22 nitrogen and oxygen atoms in total. The molecule has 6 rings (SSSR count). The van der Waals surface area contributed by atoms with Crippen molar-refractivity contribution in [1.29, 1.82) is 0 Å². The third-order valence-corrected chi connectivity index (χ3v) is 17.4. The summed E-state index contributed by atoms with van der Waals surface area (Å²) in [4.78, 5) is 90.9. The van der Waals surface area contributed by atoms with E-state index in [0.717, 1.165) is 53.3 Å². The number of fused-ring (bicyclic) bond motifs is 2. The van der Waals surface area contributed by atoms with Gasteiger partial charge in [-0.25, -0.2) is 23.1 Å². The zero-order valence-electron chi connectivity index (χ0n) is 37.4. The minimum atomic E-state index is -5.75. The number of aromatic nitrogens is 2. The highest BCUT2D eigenvalue weighted by atomic mass is 31.3. The maximum Gasteiger partial charge on any atom is 0.490 e. The fraction of sp³-hybridized carbons (Fsp3) is 0.381. The molecule has 0 radical (unpaired) electrons. The van der Waals surface area contributed by atoms with E-state index in [4.69, 9.17) is 14.5 Å². The minimum Gasteiger partial charge on any atom is -0.484 e. The van der Waals surface area contributed by atoms with Crippen molar-refractivity contribution < 1.29 is 75.1 Å². The number of allylic oxidation sites excluding steroid dienone is 5. The molecule has 26 heteroatoms. The van der Waals surface area contributed by atoms with Crippen LogP contribution in [-0.4, -0.2) is 107 Å². The molecule has 8 N–H and O–H groups in total. The van der Waals surface area contributed by atoms with Gasteiger partial charge in [-0.05, 0) is 93.2 Å². The van der Waals surface area contributed by atoms with Gasteiger partial charge in [-0.1, -0.05) is 30.4 Å². The van der Waals surface area contributed by atoms with Crippen molar-refractivity contribution in [3.8, 4) is 5.75 Å². The molecular weight excluding hydrogens is 970 g/mol. The van der Waals surface area contributed by atoms with Crippen LogP contribution in [0.25, 0.3) is 11.6 Å². The molecule has 368 valence electrons. The number of aliphatic hydroxyl groups is 1. The van der Waals surface area contributed by atoms with Crippen LogP contribution in [0.3, 0.4) is 0 Å². The second-order valence-electron chi connectivity index (χ2n) is 15.8. The molecule has 2 aliphatic carbocycles. The highest BCUT2D eigenvalue weighted by Gasteiger charge is 2.43. The number of ether oxygens (including phenoxy) is 1. The number of hydrogen-bond donors (Lipinski definition) is 8. The number of nitrogens with zero attached hydrogens (tertiary/aromatic N) is 3. The smallest absolute Gasteiger partial charge is 0.484 e. The Kier molecular flexibility index (Phi) is 16.7. The molecule has 68 heavy (non-hydrogen) atoms. The Bertz CT molecular complexity index is 2890. The monoisotopic (exact) mass is 1020 g/mol. The van der Waals surface area contributed by atoms with Crippen LogP contribution in [0.4, 0.5) is 5.69 Å². The van der Waals surface area contributed by atoms with Gasteiger partial charge in [0.15, 0.2) is 6.61 Å². The lowest BCUT2D eigenvalue weighted by Crippen LogP contribution is -2.33. The molecular formula is C42H54N5O17P4+. The summed E-state index contributed by atoms with van der Waals surface area (Å²) in [6, 6.07) is 12.0. The maximum absolute atomic E-state index is 14.5. The largest absolute Gasteiger partial charge is 0.490 e. The van der Waals surface area contributed by atoms with Gasteiger partial charge in [0.05, 0.1) is 28.9 Å². The van der Waals surface area contributed by atoms with Crippen molar-refractivity contribution in [3.63, 3.8) is 0 Å². The molecule has 3 aromatic rings. The fourth-order valence-electron chi connectivity index (χ4n) is 8.26. The van der Waals surface area contributed by atoms with Gasteiger partial charge < -0.3 is 44.5 Å². The summed E-state index contributed by atoms with van der Waals surface area (Å²) in [5.74, 6) is -1.04. The molecule has 0 saturated heterocycles. The summed E-state index contributed by atoms with van der Waals surface area (Å²) in [6.45, 7) is 9.89. The Morgan fingerprint density at radius 3 is 2.31 bits per heavy atom. The van der Waals surface area contributed by atoms with Crippen LogP contribution in [0, 0.1) is 5.92 Å². The Balaban J connectivity index is 1.08. The van der Waals surface area contributed by atoms with E-state index >= 15 is 0 Å². The summed E-state index contributed by atoms with van der Waals surface area (Å²) in [5, 5.41) is 13.9. The third-order valence-electron chi connectivity index (χ3n) is 11.5. The van der Waals surface area contributed by atoms with Gasteiger partial charge in [-0.3, -0.25) is 28.2 Å². The van der Waals surface area contributed by atoms with Gasteiger partial charge in [0, 0.05) is 55.6 Å². The predicted molar refractivity (Wildman–Crippen MR) is 252 cm³/mol. The number of hydrogen-bond acceptors (Lipinski definition) is 13. The minimum absolute atomic E-state index is 0.0120. The van der Waals surface area contributed by atoms with Crippen LogP contribution in [0.2, 0.25) is 0 Å². The predicted octanol–water partition coefficient (Wildman–Crippen LogP) is 3.90. The van der Waals surface area contributed by atoms with E-state index in [-0.39, 0.29) is 31.6 Å². The van der Waals surface area contributed by atoms with Crippen LogP contribution in [0.5, 0.6) is 5.75 Å². The number of carbonyl (C=O) groups excluding carboxylic acids is 1. The lowest BCUT2D eigenvalue weighted by molar-refractivity contribution is -0.519. The first-order valence-corrected chi connectivity index (χ1v) is 27.7. The molecule has 1 aliphatic heterocycles. The highest BCUT2D eigenvalue weighted by molar-refractivity contribution is 7.71. The maximum atomic E-state index is 14.5. The molecule has 2 heterocycles. The van der Waals surface area contributed by atoms with Crippen molar-refractivity contribution in [3.05, 3.63) is 121 Å². The second-order valence-corrected chi connectivity index (χ2v) is 22.3. The lowest BCUT2D eigenvalue weighted by Gasteiger charge is -2.31. The first kappa shape index (κ1) is 52.7. The van der Waals surface area contributed by atoms with E-state index in [1.807, 2.05) is 76.3 Å². The fourth-order valence-corrected chi connectivity index (χ4v) is 13.2. The topological polar surface area (TPSA) is 317 Å². The average molecular weight is 1020 g/mol. The van der Waals surface area contributed by atoms with Gasteiger partial charge in [0.1, 0.15) is 18.8 Å². The number of aliphatic hydroxyl groups excluding tert-OH is 1. The van der Waals surface area contributed by atoms with E-state index < -0.39 is 72.7 Å². The molecule has 1 fully saturated rings. The molecule has 1 aromatic heterocycles. The first-order chi connectivity index (χ1) is 32.0. The van der Waals surface area contributed by atoms with E-state index in [1.165, 1.54) is 18.3 Å². The number of carbonyl (C=O) groups is 1. The molecule has 2 aromatic carbocycles. The Labute approximate surface area is 390 Å². The number of amides is 1. The number of phosphoric acid groups is 3. The van der Waals surface area contributed by atoms with Crippen molar-refractivity contribution in [1.82, 2.24) is 14.9 Å². The summed E-state index contributed by atoms with van der Waals surface area (Å²) in [7, 11) is -20.8. The van der Waals surface area contributed by atoms with Gasteiger partial charge >= 0.3 is 29.2 Å². The number of benzene rings is 2. The van der Waals surface area contributed by atoms with Crippen molar-refractivity contribution in [2.45, 2.75) is 52.7 Å². The van der Waals surface area contributed by atoms with Gasteiger partial charge in [-0.15, -0.1) is 0 Å². The lowest BCUT2D eigenvalue weighted by atomic mass is 9.89. The van der Waals surface area contributed by atoms with Crippen molar-refractivity contribution >= 4 is 65.1 Å². The molecule has 4 unspecified atom stereocenters. The number of anilines is 1. The summed E-state index contributed by atoms with van der Waals surface area (Å²) in [6.07, 6.45) is 8.37. The summed E-state index contributed by atoms with van der Waals surface area (Å²) < 4.78 is 70.2. The van der Waals surface area contributed by atoms with Crippen LogP contribution >= 0.6 is 30.8 Å². The third kappa shape index (κ3) is 12.6. The average Bonchev–Trinajstić information content (AvgIpc) is 3.64. The summed E-state index contributed by atoms with van der Waals surface area (Å²) in [5.41, 5.74) is 3.00. The molecule has 1 amide bonds. The van der Waals surface area contributed by atoms with Gasteiger partial charge in [-0.2, -0.15) is 8.62 Å². The Morgan fingerprint density at radius 2 is 1.66 bits per heavy atom. The number of nitrogens with one attached hydrogen (secondary N) is 2. The summed E-state index contributed by atoms with van der Waals surface area (Å²) >= 11 is 0. The SMILES string of the molecule is CCN(CC)c1ccc2c(c1)P(=O)(O)C1=CC(=[N+](CC)CC)C=CC1=C2c1ccc(OCC(=O)NC/C=C/c2cn([C@H]3CC(O)[C@@H](COP(=O)(O)OP(=O)(O)OP(=O)(O)O)C3)c(=O)[nH]c2=O)cc1. The normalized spacial score (nSPS) is 22.0. The van der Waals surface area contributed by atoms with Crippen LogP contribution in [-0.2, 0) is 36.2 Å². The van der Waals surface area contributed by atoms with Crippen LogP contribution in [0.1, 0.15) is 63.3 Å². The number of H-pyrrole nitrogens is 1. The van der Waals surface area contributed by atoms with Crippen LogP contribution < -0.4 is 31.5 Å². The van der Waals surface area contributed by atoms with E-state index in [2.05, 4.69) is 32.9 Å². The molecule has 0 bridgehead atoms.